The van der Waals surface area contributed by atoms with Gasteiger partial charge in [-0.2, -0.15) is 8.78 Å². The van der Waals surface area contributed by atoms with E-state index in [1.165, 1.54) is 26.8 Å². The smallest absolute Gasteiger partial charge is 0.370 e. The highest BCUT2D eigenvalue weighted by Gasteiger charge is 2.51. The number of imide groups is 1. The average Bonchev–Trinajstić information content (AvgIpc) is 4.08. The fraction of sp³-hybridized carbons (Fsp3) is 0.412. The molecule has 7 N–H and O–H groups in total. The molecule has 2 unspecified atom stereocenters. The summed E-state index contributed by atoms with van der Waals surface area (Å²) >= 11 is 0.902. The molecule has 384 valence electrons. The normalized spacial score (nSPS) is 20.6. The molecule has 4 aliphatic heterocycles. The molecule has 4 aromatic rings. The number of amides is 8. The maximum atomic E-state index is 14.8. The van der Waals surface area contributed by atoms with Gasteiger partial charge in [0.2, 0.25) is 35.4 Å². The summed E-state index contributed by atoms with van der Waals surface area (Å²) in [6.07, 6.45) is 4.01. The summed E-state index contributed by atoms with van der Waals surface area (Å²) in [6, 6.07) is 14.3. The molecule has 3 saturated heterocycles. The lowest BCUT2D eigenvalue weighted by Crippen LogP contribution is -2.61. The monoisotopic (exact) mass is 1040 g/mol. The van der Waals surface area contributed by atoms with Crippen LogP contribution in [-0.4, -0.2) is 109 Å². The number of fused-ring (bicyclic) bond motifs is 3. The summed E-state index contributed by atoms with van der Waals surface area (Å²) < 4.78 is 41.2. The molecule has 18 nitrogen and oxygen atoms in total. The van der Waals surface area contributed by atoms with Crippen molar-refractivity contribution >= 4 is 76.3 Å². The number of unbranched alkanes of at least 4 members (excludes halogenated alkanes) is 3. The molecule has 0 radical (unpaired) electrons. The first-order valence-corrected chi connectivity index (χ1v) is 26.5. The summed E-state index contributed by atoms with van der Waals surface area (Å²) in [7, 11) is -5.88. The molecule has 0 saturated carbocycles. The van der Waals surface area contributed by atoms with Crippen molar-refractivity contribution in [2.24, 2.45) is 5.73 Å². The van der Waals surface area contributed by atoms with Crippen LogP contribution >= 0.6 is 18.9 Å². The molecule has 8 amide bonds. The second-order valence-electron chi connectivity index (χ2n) is 18.7. The minimum absolute atomic E-state index is 0.00534. The zero-order valence-electron chi connectivity index (χ0n) is 39.5. The number of alkyl halides is 2. The average molecular weight is 1040 g/mol. The van der Waals surface area contributed by atoms with Gasteiger partial charge in [0.25, 0.3) is 11.8 Å². The Hall–Kier alpha value is -6.85. The van der Waals surface area contributed by atoms with E-state index < -0.39 is 78.6 Å². The molecular formula is C51H54F2N7O11PS. The van der Waals surface area contributed by atoms with E-state index in [1.807, 2.05) is 12.1 Å². The molecular weight excluding hydrogens is 988 g/mol. The van der Waals surface area contributed by atoms with E-state index in [0.29, 0.717) is 54.4 Å². The van der Waals surface area contributed by atoms with Crippen LogP contribution in [0.5, 0.6) is 0 Å². The number of hydrogen-bond acceptors (Lipinski definition) is 10. The molecule has 3 fully saturated rings. The predicted octanol–water partition coefficient (Wildman–Crippen LogP) is 4.70. The summed E-state index contributed by atoms with van der Waals surface area (Å²) in [6.45, 7) is 0.157. The van der Waals surface area contributed by atoms with Gasteiger partial charge in [-0.25, -0.2) is 0 Å². The molecule has 22 heteroatoms. The highest BCUT2D eigenvalue weighted by Crippen LogP contribution is 2.59. The van der Waals surface area contributed by atoms with Crippen molar-refractivity contribution in [1.29, 1.82) is 0 Å². The number of carbonyl (C=O) groups excluding carboxylic acids is 8. The number of primary amides is 1. The Bertz CT molecular complexity index is 2970. The van der Waals surface area contributed by atoms with Gasteiger partial charge in [0.15, 0.2) is 0 Å². The molecule has 0 aliphatic carbocycles. The lowest BCUT2D eigenvalue weighted by atomic mass is 10.0. The van der Waals surface area contributed by atoms with Crippen LogP contribution in [0.2, 0.25) is 0 Å². The van der Waals surface area contributed by atoms with Gasteiger partial charge in [-0.3, -0.25) is 48.2 Å². The van der Waals surface area contributed by atoms with Crippen LogP contribution in [-0.2, 0) is 45.5 Å². The number of benzene rings is 3. The van der Waals surface area contributed by atoms with E-state index in [4.69, 9.17) is 5.73 Å². The van der Waals surface area contributed by atoms with Crippen molar-refractivity contribution in [3.05, 3.63) is 105 Å². The van der Waals surface area contributed by atoms with Crippen molar-refractivity contribution < 1.29 is 61.5 Å². The quantitative estimate of drug-likeness (QED) is 0.0388. The standard InChI is InChI=1S/C51H54F2N7O11PS/c52-51(53,72(69,70)71)33-16-21-41-32(26-33)27-42(73-41)48(66)56-38-29-58(25-24-34-17-19-40(60(34)50(38)68)47(65)55-37(18-22-43(54)61)31-11-6-4-7-12-31)45(63)15-8-3-1-2-5-10-30-13-9-14-35-36(30)28-59(49(35)67)39-20-23-44(62)57-46(39)64/h4,6-7,9,11-14,16,21,26-27,34,37-40H,1-3,8,15,17-20,22-25,28-29H2,(H2,54,61)(H,55,65)(H,56,66)(H,57,62,64)(H2,69,70,71)/t34-,37?,38+,39?,40+/m1/s1. The van der Waals surface area contributed by atoms with E-state index in [2.05, 4.69) is 27.8 Å². The first-order valence-electron chi connectivity index (χ1n) is 24.1. The summed E-state index contributed by atoms with van der Waals surface area (Å²) in [5, 5.41) is 8.16. The highest BCUT2D eigenvalue weighted by molar-refractivity contribution is 7.52. The van der Waals surface area contributed by atoms with Gasteiger partial charge in [0.1, 0.15) is 18.1 Å². The lowest BCUT2D eigenvalue weighted by Gasteiger charge is -2.39. The molecule has 0 spiro atoms. The zero-order chi connectivity index (χ0) is 52.2. The first-order chi connectivity index (χ1) is 34.8. The molecule has 3 aromatic carbocycles. The van der Waals surface area contributed by atoms with E-state index in [1.54, 1.807) is 36.4 Å². The summed E-state index contributed by atoms with van der Waals surface area (Å²) in [5.74, 6) is 2.50. The third-order valence-corrected chi connectivity index (χ3v) is 15.9. The van der Waals surface area contributed by atoms with Gasteiger partial charge in [-0.15, -0.1) is 11.3 Å². The van der Waals surface area contributed by atoms with E-state index in [9.17, 15) is 61.5 Å². The molecule has 73 heavy (non-hydrogen) atoms. The number of hydrogen-bond donors (Lipinski definition) is 6. The number of halogens is 2. The number of carbonyl (C=O) groups is 8. The fourth-order valence-corrected chi connectivity index (χ4v) is 11.4. The Balaban J connectivity index is 0.938. The third kappa shape index (κ3) is 11.7. The molecule has 0 bridgehead atoms. The van der Waals surface area contributed by atoms with Crippen molar-refractivity contribution in [3.63, 3.8) is 0 Å². The maximum absolute atomic E-state index is 14.8. The number of nitrogens with two attached hydrogens (primary N) is 1. The predicted molar refractivity (Wildman–Crippen MR) is 262 cm³/mol. The number of nitrogens with zero attached hydrogens (tertiary/aromatic N) is 3. The largest absolute Gasteiger partial charge is 0.399 e. The number of piperidine rings is 1. The zero-order valence-corrected chi connectivity index (χ0v) is 41.2. The van der Waals surface area contributed by atoms with Gasteiger partial charge in [-0.1, -0.05) is 60.7 Å². The second kappa shape index (κ2) is 22.1. The summed E-state index contributed by atoms with van der Waals surface area (Å²) in [5.41, 5.74) is 2.60. The van der Waals surface area contributed by atoms with Gasteiger partial charge >= 0.3 is 13.3 Å². The molecule has 8 rings (SSSR count). The minimum atomic E-state index is -5.88. The van der Waals surface area contributed by atoms with Gasteiger partial charge in [0.05, 0.1) is 10.9 Å². The number of nitrogens with one attached hydrogen (secondary N) is 3. The topological polar surface area (TPSA) is 266 Å². The van der Waals surface area contributed by atoms with Crippen LogP contribution in [0, 0.1) is 11.8 Å². The molecule has 5 heterocycles. The SMILES string of the molecule is NC(=O)CCC(NC(=O)[C@@H]1CC[C@@H]2CCN(C(=O)CCCCCC#Cc3cccc4c3CN(C3CCC(=O)NC3=O)C4=O)C[C@H](NC(=O)c3cc4cc(C(F)(F)P(=O)(O)O)ccc4s3)C(=O)N21)c1ccccc1. The van der Waals surface area contributed by atoms with Crippen LogP contribution in [0.15, 0.2) is 72.8 Å². The summed E-state index contributed by atoms with van der Waals surface area (Å²) in [4.78, 5) is 129. The van der Waals surface area contributed by atoms with Gasteiger partial charge in [0, 0.05) is 72.7 Å². The van der Waals surface area contributed by atoms with Gasteiger partial charge in [-0.05, 0) is 91.8 Å². The molecule has 1 aromatic heterocycles. The Labute approximate surface area is 422 Å². The van der Waals surface area contributed by atoms with Crippen molar-refractivity contribution in [2.75, 3.05) is 13.1 Å². The van der Waals surface area contributed by atoms with Crippen molar-refractivity contribution in [3.8, 4) is 11.8 Å². The second-order valence-corrected chi connectivity index (χ2v) is 21.4. The highest BCUT2D eigenvalue weighted by atomic mass is 32.1. The lowest BCUT2D eigenvalue weighted by molar-refractivity contribution is -0.145. The first kappa shape index (κ1) is 52.5. The number of thiophene rings is 1. The Morgan fingerprint density at radius 1 is 0.932 bits per heavy atom. The van der Waals surface area contributed by atoms with Crippen molar-refractivity contribution in [1.82, 2.24) is 30.7 Å². The molecule has 4 aliphatic rings. The van der Waals surface area contributed by atoms with Crippen LogP contribution in [0.3, 0.4) is 0 Å². The van der Waals surface area contributed by atoms with Crippen LogP contribution < -0.4 is 21.7 Å². The Kier molecular flexibility index (Phi) is 15.9. The van der Waals surface area contributed by atoms with Crippen LogP contribution in [0.25, 0.3) is 10.1 Å². The Morgan fingerprint density at radius 2 is 1.71 bits per heavy atom. The fourth-order valence-electron chi connectivity index (χ4n) is 9.95. The maximum Gasteiger partial charge on any atom is 0.399 e. The van der Waals surface area contributed by atoms with Crippen LogP contribution in [0.1, 0.15) is 125 Å². The van der Waals surface area contributed by atoms with E-state index in [0.717, 1.165) is 34.6 Å². The molecule has 5 atom stereocenters. The number of rotatable bonds is 16. The third-order valence-electron chi connectivity index (χ3n) is 13.8. The van der Waals surface area contributed by atoms with Gasteiger partial charge < -0.3 is 40.9 Å². The van der Waals surface area contributed by atoms with E-state index in [-0.39, 0.29) is 86.1 Å². The Morgan fingerprint density at radius 3 is 2.45 bits per heavy atom. The van der Waals surface area contributed by atoms with E-state index >= 15 is 0 Å². The van der Waals surface area contributed by atoms with Crippen LogP contribution in [0.4, 0.5) is 8.78 Å². The minimum Gasteiger partial charge on any atom is -0.370 e. The van der Waals surface area contributed by atoms with Crippen molar-refractivity contribution in [2.45, 2.75) is 119 Å².